The van der Waals surface area contributed by atoms with Gasteiger partial charge in [-0.3, -0.25) is 9.78 Å². The van der Waals surface area contributed by atoms with E-state index in [9.17, 15) is 31.5 Å². The number of aromatic carboxylic acids is 1. The Hall–Kier alpha value is -3.62. The van der Waals surface area contributed by atoms with Crippen LogP contribution in [0.2, 0.25) is 0 Å². The van der Waals surface area contributed by atoms with Crippen LogP contribution in [-0.4, -0.2) is 21.8 Å². The number of nitrogens with zero attached hydrogens (tertiary/aromatic N) is 1. The lowest BCUT2D eigenvalue weighted by Gasteiger charge is -2.18. The van der Waals surface area contributed by atoms with Gasteiger partial charge in [0, 0.05) is 24.1 Å². The molecule has 0 fully saturated rings. The maximum atomic E-state index is 14.4. The fraction of sp³-hybridized carbons (Fsp3) is 0.136. The number of aromatic nitrogens is 1. The summed E-state index contributed by atoms with van der Waals surface area (Å²) in [6.07, 6.45) is -4.08. The van der Waals surface area contributed by atoms with Crippen molar-refractivity contribution in [3.05, 3.63) is 100 Å². The Morgan fingerprint density at radius 2 is 1.58 bits per heavy atom. The van der Waals surface area contributed by atoms with E-state index in [0.717, 1.165) is 12.1 Å². The summed E-state index contributed by atoms with van der Waals surface area (Å²) < 4.78 is 67.1. The molecule has 0 aliphatic heterocycles. The molecule has 9 heteroatoms. The zero-order valence-electron chi connectivity index (χ0n) is 15.7. The second-order valence-electron chi connectivity index (χ2n) is 6.67. The van der Waals surface area contributed by atoms with E-state index in [1.165, 1.54) is 36.5 Å². The Balaban J connectivity index is 2.00. The van der Waals surface area contributed by atoms with Crippen molar-refractivity contribution in [1.82, 2.24) is 4.98 Å². The fourth-order valence-corrected chi connectivity index (χ4v) is 3.11. The average Bonchev–Trinajstić information content (AvgIpc) is 2.71. The molecule has 1 atom stereocenters. The third-order valence-electron chi connectivity index (χ3n) is 4.66. The second kappa shape index (κ2) is 8.63. The number of carboxylic acid groups (broad SMARTS) is 1. The number of halogens is 5. The van der Waals surface area contributed by atoms with Crippen molar-refractivity contribution in [2.45, 2.75) is 18.5 Å². The molecule has 0 bridgehead atoms. The lowest BCUT2D eigenvalue weighted by molar-refractivity contribution is -0.140. The summed E-state index contributed by atoms with van der Waals surface area (Å²) in [5.74, 6) is -5.25. The SMILES string of the molecule is O=C(O)c1ccc(C(=O)C[C@@H](c2ccc(C(F)(F)F)c(F)c2)c2ncccc2F)cc1. The van der Waals surface area contributed by atoms with E-state index in [1.807, 2.05) is 0 Å². The van der Waals surface area contributed by atoms with Gasteiger partial charge in [-0.15, -0.1) is 0 Å². The molecule has 0 radical (unpaired) electrons. The summed E-state index contributed by atoms with van der Waals surface area (Å²) in [6, 6.07) is 9.46. The largest absolute Gasteiger partial charge is 0.478 e. The smallest absolute Gasteiger partial charge is 0.419 e. The summed E-state index contributed by atoms with van der Waals surface area (Å²) in [7, 11) is 0. The minimum absolute atomic E-state index is 0.0475. The molecule has 0 saturated carbocycles. The molecule has 0 saturated heterocycles. The van der Waals surface area contributed by atoms with Crippen molar-refractivity contribution in [2.24, 2.45) is 0 Å². The summed E-state index contributed by atoms with van der Waals surface area (Å²) in [4.78, 5) is 27.6. The van der Waals surface area contributed by atoms with Crippen LogP contribution in [-0.2, 0) is 6.18 Å². The van der Waals surface area contributed by atoms with E-state index in [4.69, 9.17) is 5.11 Å². The molecule has 1 heterocycles. The number of Topliss-reactive ketones (excluding diaryl/α,β-unsaturated/α-hetero) is 1. The molecule has 0 unspecified atom stereocenters. The Labute approximate surface area is 173 Å². The highest BCUT2D eigenvalue weighted by Crippen LogP contribution is 2.35. The van der Waals surface area contributed by atoms with Gasteiger partial charge in [-0.25, -0.2) is 13.6 Å². The highest BCUT2D eigenvalue weighted by atomic mass is 19.4. The van der Waals surface area contributed by atoms with Crippen molar-refractivity contribution in [3.63, 3.8) is 0 Å². The Kier molecular flexibility index (Phi) is 6.14. The van der Waals surface area contributed by atoms with Crippen LogP contribution in [0.15, 0.2) is 60.8 Å². The molecular formula is C22H14F5NO3. The quantitative estimate of drug-likeness (QED) is 0.411. The first-order chi connectivity index (χ1) is 14.6. The Morgan fingerprint density at radius 3 is 2.13 bits per heavy atom. The van der Waals surface area contributed by atoms with Crippen LogP contribution < -0.4 is 0 Å². The maximum Gasteiger partial charge on any atom is 0.419 e. The first-order valence-electron chi connectivity index (χ1n) is 8.91. The minimum atomic E-state index is -4.91. The van der Waals surface area contributed by atoms with Crippen LogP contribution in [0, 0.1) is 11.6 Å². The monoisotopic (exact) mass is 435 g/mol. The van der Waals surface area contributed by atoms with E-state index >= 15 is 0 Å². The van der Waals surface area contributed by atoms with Crippen LogP contribution in [0.5, 0.6) is 0 Å². The third kappa shape index (κ3) is 4.93. The maximum absolute atomic E-state index is 14.4. The predicted octanol–water partition coefficient (Wildman–Crippen LogP) is 5.48. The van der Waals surface area contributed by atoms with Crippen LogP contribution in [0.3, 0.4) is 0 Å². The van der Waals surface area contributed by atoms with Crippen LogP contribution in [0.1, 0.15) is 49.9 Å². The zero-order valence-corrected chi connectivity index (χ0v) is 15.7. The van der Waals surface area contributed by atoms with Crippen molar-refractivity contribution >= 4 is 11.8 Å². The van der Waals surface area contributed by atoms with Crippen LogP contribution in [0.4, 0.5) is 22.0 Å². The summed E-state index contributed by atoms with van der Waals surface area (Å²) in [5.41, 5.74) is -1.70. The predicted molar refractivity (Wildman–Crippen MR) is 99.8 cm³/mol. The number of carboxylic acids is 1. The van der Waals surface area contributed by atoms with Gasteiger partial charge in [0.25, 0.3) is 0 Å². The summed E-state index contributed by atoms with van der Waals surface area (Å²) >= 11 is 0. The number of rotatable bonds is 6. The van der Waals surface area contributed by atoms with Crippen LogP contribution >= 0.6 is 0 Å². The van der Waals surface area contributed by atoms with Crippen molar-refractivity contribution in [3.8, 4) is 0 Å². The van der Waals surface area contributed by atoms with Gasteiger partial charge in [0.1, 0.15) is 11.6 Å². The van der Waals surface area contributed by atoms with E-state index in [0.29, 0.717) is 12.1 Å². The molecule has 3 rings (SSSR count). The van der Waals surface area contributed by atoms with Crippen molar-refractivity contribution in [2.75, 3.05) is 0 Å². The topological polar surface area (TPSA) is 67.3 Å². The Morgan fingerprint density at radius 1 is 0.935 bits per heavy atom. The first kappa shape index (κ1) is 22.1. The van der Waals surface area contributed by atoms with Gasteiger partial charge in [0.15, 0.2) is 5.78 Å². The molecule has 0 amide bonds. The van der Waals surface area contributed by atoms with E-state index in [1.54, 1.807) is 0 Å². The number of alkyl halides is 3. The fourth-order valence-electron chi connectivity index (χ4n) is 3.11. The lowest BCUT2D eigenvalue weighted by atomic mass is 9.87. The molecule has 2 aromatic carbocycles. The number of benzene rings is 2. The van der Waals surface area contributed by atoms with E-state index in [-0.39, 0.29) is 22.4 Å². The molecule has 1 N–H and O–H groups in total. The number of ketones is 1. The van der Waals surface area contributed by atoms with E-state index < -0.39 is 47.5 Å². The number of carbonyl (C=O) groups is 2. The van der Waals surface area contributed by atoms with Gasteiger partial charge in [0.2, 0.25) is 0 Å². The summed E-state index contributed by atoms with van der Waals surface area (Å²) in [5, 5.41) is 8.94. The van der Waals surface area contributed by atoms with E-state index in [2.05, 4.69) is 4.98 Å². The molecule has 31 heavy (non-hydrogen) atoms. The molecule has 4 nitrogen and oxygen atoms in total. The molecule has 0 aliphatic rings. The van der Waals surface area contributed by atoms with Crippen molar-refractivity contribution in [1.29, 1.82) is 0 Å². The van der Waals surface area contributed by atoms with Gasteiger partial charge in [0.05, 0.1) is 16.8 Å². The number of pyridine rings is 1. The zero-order chi connectivity index (χ0) is 22.8. The van der Waals surface area contributed by atoms with Gasteiger partial charge < -0.3 is 5.11 Å². The number of hydrogen-bond donors (Lipinski definition) is 1. The minimum Gasteiger partial charge on any atom is -0.478 e. The second-order valence-corrected chi connectivity index (χ2v) is 6.67. The van der Waals surface area contributed by atoms with Crippen molar-refractivity contribution < 1.29 is 36.6 Å². The van der Waals surface area contributed by atoms with Gasteiger partial charge in [-0.05, 0) is 42.0 Å². The number of carbonyl (C=O) groups excluding carboxylic acids is 1. The van der Waals surface area contributed by atoms with Gasteiger partial charge in [-0.1, -0.05) is 18.2 Å². The molecule has 0 aliphatic carbocycles. The van der Waals surface area contributed by atoms with Gasteiger partial charge in [-0.2, -0.15) is 13.2 Å². The molecular weight excluding hydrogens is 421 g/mol. The normalized spacial score (nSPS) is 12.4. The summed E-state index contributed by atoms with van der Waals surface area (Å²) in [6.45, 7) is 0. The standard InChI is InChI=1S/C22H14F5NO3/c23-17-2-1-9-28-20(17)15(14-7-8-16(18(24)10-14)22(25,26)27)11-19(29)12-3-5-13(6-4-12)21(30)31/h1-10,15H,11H2,(H,30,31)/t15-/m0/s1. The first-order valence-corrected chi connectivity index (χ1v) is 8.91. The lowest BCUT2D eigenvalue weighted by Crippen LogP contribution is -2.14. The molecule has 0 spiro atoms. The molecule has 3 aromatic rings. The highest BCUT2D eigenvalue weighted by Gasteiger charge is 2.35. The average molecular weight is 435 g/mol. The third-order valence-corrected chi connectivity index (χ3v) is 4.66. The number of hydrogen-bond acceptors (Lipinski definition) is 3. The van der Waals surface area contributed by atoms with Gasteiger partial charge >= 0.3 is 12.1 Å². The van der Waals surface area contributed by atoms with Crippen LogP contribution in [0.25, 0.3) is 0 Å². The molecule has 160 valence electrons. The Bertz CT molecular complexity index is 1130. The molecule has 1 aromatic heterocycles. The highest BCUT2D eigenvalue weighted by molar-refractivity contribution is 5.98.